The number of nitrogens with two attached hydrogens (primary N) is 1. The van der Waals surface area contributed by atoms with Crippen molar-refractivity contribution in [3.8, 4) is 0 Å². The largest absolute Gasteiger partial charge is 0.354 e. The second-order valence-electron chi connectivity index (χ2n) is 4.66. The zero-order valence-electron chi connectivity index (χ0n) is 11.3. The lowest BCUT2D eigenvalue weighted by atomic mass is 10.1. The summed E-state index contributed by atoms with van der Waals surface area (Å²) in [5, 5.41) is 5.21. The van der Waals surface area contributed by atoms with Gasteiger partial charge in [-0.15, -0.1) is 0 Å². The van der Waals surface area contributed by atoms with Gasteiger partial charge in [0.15, 0.2) is 0 Å². The number of nitrogens with zero attached hydrogens (tertiary/aromatic N) is 1. The van der Waals surface area contributed by atoms with E-state index in [0.29, 0.717) is 13.0 Å². The molecule has 0 aliphatic carbocycles. The molecule has 0 aliphatic heterocycles. The average Bonchev–Trinajstić information content (AvgIpc) is 2.88. The molecule has 0 saturated carbocycles. The van der Waals surface area contributed by atoms with Crippen molar-refractivity contribution in [3.05, 3.63) is 18.2 Å². The van der Waals surface area contributed by atoms with Crippen LogP contribution in [0, 0.1) is 5.92 Å². The summed E-state index contributed by atoms with van der Waals surface area (Å²) >= 11 is 0. The van der Waals surface area contributed by atoms with Crippen LogP contribution in [0.1, 0.15) is 19.5 Å². The highest BCUT2D eigenvalue weighted by atomic mass is 16.2. The van der Waals surface area contributed by atoms with Crippen molar-refractivity contribution in [2.45, 2.75) is 26.3 Å². The first-order valence-corrected chi connectivity index (χ1v) is 6.28. The molecule has 7 nitrogen and oxygen atoms in total. The smallest absolute Gasteiger partial charge is 0.239 e. The van der Waals surface area contributed by atoms with E-state index in [1.54, 1.807) is 12.5 Å². The summed E-state index contributed by atoms with van der Waals surface area (Å²) in [6.45, 7) is 4.15. The number of carbonyl (C=O) groups is 2. The van der Waals surface area contributed by atoms with Crippen molar-refractivity contribution < 1.29 is 9.59 Å². The topological polar surface area (TPSA) is 113 Å². The summed E-state index contributed by atoms with van der Waals surface area (Å²) < 4.78 is 0. The molecule has 0 aromatic carbocycles. The highest BCUT2D eigenvalue weighted by Gasteiger charge is 2.17. The molecule has 7 heteroatoms. The Balaban J connectivity index is 2.16. The molecule has 1 aromatic rings. The summed E-state index contributed by atoms with van der Waals surface area (Å²) in [7, 11) is 0. The predicted molar refractivity (Wildman–Crippen MR) is 71.1 cm³/mol. The second kappa shape index (κ2) is 7.52. The summed E-state index contributed by atoms with van der Waals surface area (Å²) in [5.41, 5.74) is 6.61. The molecule has 0 fully saturated rings. The normalized spacial score (nSPS) is 12.2. The van der Waals surface area contributed by atoms with Crippen molar-refractivity contribution in [2.24, 2.45) is 11.7 Å². The Bertz CT molecular complexity index is 402. The van der Waals surface area contributed by atoms with Crippen molar-refractivity contribution >= 4 is 11.8 Å². The van der Waals surface area contributed by atoms with E-state index in [9.17, 15) is 9.59 Å². The van der Waals surface area contributed by atoms with Crippen LogP contribution in [0.3, 0.4) is 0 Å². The van der Waals surface area contributed by atoms with E-state index in [1.165, 1.54) is 0 Å². The minimum atomic E-state index is -0.585. The fourth-order valence-electron chi connectivity index (χ4n) is 1.41. The zero-order chi connectivity index (χ0) is 14.3. The van der Waals surface area contributed by atoms with E-state index < -0.39 is 6.04 Å². The van der Waals surface area contributed by atoms with Crippen molar-refractivity contribution in [1.29, 1.82) is 0 Å². The fraction of sp³-hybridized carbons (Fsp3) is 0.583. The summed E-state index contributed by atoms with van der Waals surface area (Å²) in [6, 6.07) is -0.585. The van der Waals surface area contributed by atoms with E-state index in [4.69, 9.17) is 5.73 Å². The second-order valence-corrected chi connectivity index (χ2v) is 4.66. The first-order valence-electron chi connectivity index (χ1n) is 6.28. The molecule has 1 heterocycles. The Morgan fingerprint density at radius 2 is 2.16 bits per heavy atom. The van der Waals surface area contributed by atoms with E-state index in [1.807, 2.05) is 13.8 Å². The van der Waals surface area contributed by atoms with Crippen LogP contribution in [0.25, 0.3) is 0 Å². The minimum Gasteiger partial charge on any atom is -0.354 e. The van der Waals surface area contributed by atoms with Gasteiger partial charge >= 0.3 is 0 Å². The maximum atomic E-state index is 11.5. The summed E-state index contributed by atoms with van der Waals surface area (Å²) in [6.07, 6.45) is 3.96. The monoisotopic (exact) mass is 267 g/mol. The van der Waals surface area contributed by atoms with Crippen LogP contribution in [0.2, 0.25) is 0 Å². The molecule has 0 saturated heterocycles. The number of aromatic nitrogens is 2. The van der Waals surface area contributed by atoms with Crippen LogP contribution in [0.15, 0.2) is 12.5 Å². The van der Waals surface area contributed by atoms with Crippen LogP contribution in [-0.2, 0) is 16.0 Å². The summed E-state index contributed by atoms with van der Waals surface area (Å²) in [4.78, 5) is 29.8. The maximum absolute atomic E-state index is 11.5. The number of imidazole rings is 1. The number of rotatable bonds is 7. The maximum Gasteiger partial charge on any atom is 0.239 e. The number of carbonyl (C=O) groups excluding carboxylic acids is 2. The Hall–Kier alpha value is -1.89. The van der Waals surface area contributed by atoms with Crippen LogP contribution >= 0.6 is 0 Å². The van der Waals surface area contributed by atoms with Gasteiger partial charge in [0.1, 0.15) is 0 Å². The molecule has 0 aliphatic rings. The molecule has 0 radical (unpaired) electrons. The number of amides is 2. The van der Waals surface area contributed by atoms with Gasteiger partial charge in [0, 0.05) is 24.9 Å². The van der Waals surface area contributed by atoms with E-state index >= 15 is 0 Å². The third-order valence-corrected chi connectivity index (χ3v) is 2.72. The predicted octanol–water partition coefficient (Wildman–Crippen LogP) is -0.832. The van der Waals surface area contributed by atoms with E-state index in [0.717, 1.165) is 5.69 Å². The molecule has 0 unspecified atom stereocenters. The van der Waals surface area contributed by atoms with Crippen molar-refractivity contribution in [2.75, 3.05) is 13.1 Å². The number of aromatic amines is 1. The third-order valence-electron chi connectivity index (χ3n) is 2.72. The third kappa shape index (κ3) is 5.52. The first-order chi connectivity index (χ1) is 9.00. The van der Waals surface area contributed by atoms with Gasteiger partial charge in [-0.1, -0.05) is 13.8 Å². The Kier molecular flexibility index (Phi) is 6.01. The quantitative estimate of drug-likeness (QED) is 0.516. The van der Waals surface area contributed by atoms with Crippen molar-refractivity contribution in [1.82, 2.24) is 20.6 Å². The molecule has 1 atom stereocenters. The van der Waals surface area contributed by atoms with Crippen LogP contribution < -0.4 is 16.4 Å². The number of hydrogen-bond acceptors (Lipinski definition) is 4. The molecular formula is C12H21N5O2. The van der Waals surface area contributed by atoms with Gasteiger partial charge in [-0.2, -0.15) is 0 Å². The Labute approximate surface area is 112 Å². The lowest BCUT2D eigenvalue weighted by molar-refractivity contribution is -0.127. The Morgan fingerprint density at radius 1 is 1.42 bits per heavy atom. The van der Waals surface area contributed by atoms with Gasteiger partial charge in [0.05, 0.1) is 18.9 Å². The first kappa shape index (κ1) is 15.2. The van der Waals surface area contributed by atoms with Gasteiger partial charge in [0.25, 0.3) is 0 Å². The lowest BCUT2D eigenvalue weighted by Crippen LogP contribution is -2.47. The van der Waals surface area contributed by atoms with E-state index in [2.05, 4.69) is 20.6 Å². The standard InChI is InChI=1S/C12H21N5O2/c1-8(2)11(13)12(19)16-6-10(18)15-4-3-9-5-14-7-17-9/h5,7-8,11H,3-4,6,13H2,1-2H3,(H,14,17)(H,15,18)(H,16,19)/t11-/m0/s1. The molecule has 2 amide bonds. The summed E-state index contributed by atoms with van der Waals surface area (Å²) in [5.74, 6) is -0.494. The van der Waals surface area contributed by atoms with Gasteiger partial charge in [-0.25, -0.2) is 4.98 Å². The van der Waals surface area contributed by atoms with Crippen LogP contribution in [0.4, 0.5) is 0 Å². The number of H-pyrrole nitrogens is 1. The molecule has 5 N–H and O–H groups in total. The highest BCUT2D eigenvalue weighted by Crippen LogP contribution is 1.97. The minimum absolute atomic E-state index is 0.0449. The Morgan fingerprint density at radius 3 is 2.74 bits per heavy atom. The molecule has 19 heavy (non-hydrogen) atoms. The van der Waals surface area contributed by atoms with Gasteiger partial charge in [0.2, 0.25) is 11.8 Å². The van der Waals surface area contributed by atoms with Crippen molar-refractivity contribution in [3.63, 3.8) is 0 Å². The molecule has 0 spiro atoms. The van der Waals surface area contributed by atoms with Crippen LogP contribution in [-0.4, -0.2) is 40.9 Å². The van der Waals surface area contributed by atoms with Gasteiger partial charge < -0.3 is 21.4 Å². The van der Waals surface area contributed by atoms with Gasteiger partial charge in [-0.3, -0.25) is 9.59 Å². The lowest BCUT2D eigenvalue weighted by Gasteiger charge is -2.15. The average molecular weight is 267 g/mol. The van der Waals surface area contributed by atoms with Crippen LogP contribution in [0.5, 0.6) is 0 Å². The molecule has 106 valence electrons. The molecule has 1 rings (SSSR count). The number of hydrogen-bond donors (Lipinski definition) is 4. The molecular weight excluding hydrogens is 246 g/mol. The highest BCUT2D eigenvalue weighted by molar-refractivity contribution is 5.87. The molecule has 1 aromatic heterocycles. The fourth-order valence-corrected chi connectivity index (χ4v) is 1.41. The molecule has 0 bridgehead atoms. The number of nitrogens with one attached hydrogen (secondary N) is 3. The SMILES string of the molecule is CC(C)[C@H](N)C(=O)NCC(=O)NCCc1cnc[nH]1. The zero-order valence-corrected chi connectivity index (χ0v) is 11.3. The van der Waals surface area contributed by atoms with E-state index in [-0.39, 0.29) is 24.3 Å². The van der Waals surface area contributed by atoms with Gasteiger partial charge in [-0.05, 0) is 5.92 Å².